The van der Waals surface area contributed by atoms with Gasteiger partial charge in [-0.2, -0.15) is 0 Å². The van der Waals surface area contributed by atoms with Crippen molar-refractivity contribution in [3.8, 4) is 11.5 Å². The number of benzene rings is 3. The van der Waals surface area contributed by atoms with Gasteiger partial charge in [0.25, 0.3) is 0 Å². The molecule has 0 bridgehead atoms. The fourth-order valence-corrected chi connectivity index (χ4v) is 5.09. The summed E-state index contributed by atoms with van der Waals surface area (Å²) in [7, 11) is -3.89. The summed E-state index contributed by atoms with van der Waals surface area (Å²) < 4.78 is 54.2. The summed E-state index contributed by atoms with van der Waals surface area (Å²) in [6, 6.07) is 18.3. The molecule has 1 aliphatic rings. The first-order valence-electron chi connectivity index (χ1n) is 10.1. The summed E-state index contributed by atoms with van der Waals surface area (Å²) in [6.07, 6.45) is 1.23. The summed E-state index contributed by atoms with van der Waals surface area (Å²) in [6.45, 7) is 2.70. The largest absolute Gasteiger partial charge is 0.490 e. The Labute approximate surface area is 181 Å². The quantitative estimate of drug-likeness (QED) is 0.609. The number of hydrogen-bond acceptors (Lipinski definition) is 4. The third-order valence-electron chi connectivity index (χ3n) is 5.18. The zero-order valence-corrected chi connectivity index (χ0v) is 18.0. The second-order valence-corrected chi connectivity index (χ2v) is 9.21. The van der Waals surface area contributed by atoms with E-state index in [-0.39, 0.29) is 4.90 Å². The predicted molar refractivity (Wildman–Crippen MR) is 116 cm³/mol. The molecule has 0 aliphatic carbocycles. The van der Waals surface area contributed by atoms with E-state index in [4.69, 9.17) is 9.47 Å². The van der Waals surface area contributed by atoms with Crippen molar-refractivity contribution in [2.45, 2.75) is 30.7 Å². The van der Waals surface area contributed by atoms with E-state index < -0.39 is 21.9 Å². The van der Waals surface area contributed by atoms with Gasteiger partial charge in [0.05, 0.1) is 24.2 Å². The first kappa shape index (κ1) is 21.3. The van der Waals surface area contributed by atoms with E-state index in [0.29, 0.717) is 36.7 Å². The van der Waals surface area contributed by atoms with E-state index >= 15 is 0 Å². The topological polar surface area (TPSA) is 64.6 Å². The smallest absolute Gasteiger partial charge is 0.241 e. The Balaban J connectivity index is 1.70. The maximum atomic E-state index is 13.5. The van der Waals surface area contributed by atoms with E-state index in [9.17, 15) is 12.8 Å². The van der Waals surface area contributed by atoms with Gasteiger partial charge in [-0.25, -0.2) is 17.5 Å². The molecule has 1 heterocycles. The number of ether oxygens (including phenoxy) is 2. The van der Waals surface area contributed by atoms with Crippen molar-refractivity contribution in [3.05, 3.63) is 89.2 Å². The molecule has 1 aliphatic heterocycles. The molecule has 5 nitrogen and oxygen atoms in total. The normalized spacial score (nSPS) is 14.6. The fraction of sp³-hybridized carbons (Fsp3) is 0.250. The van der Waals surface area contributed by atoms with Crippen LogP contribution >= 0.6 is 0 Å². The summed E-state index contributed by atoms with van der Waals surface area (Å²) >= 11 is 0. The van der Waals surface area contributed by atoms with Gasteiger partial charge in [-0.3, -0.25) is 0 Å². The molecule has 31 heavy (non-hydrogen) atoms. The number of halogens is 1. The minimum absolute atomic E-state index is 0.0568. The highest BCUT2D eigenvalue weighted by molar-refractivity contribution is 7.89. The number of fused-ring (bicyclic) bond motifs is 1. The highest BCUT2D eigenvalue weighted by Gasteiger charge is 2.25. The van der Waals surface area contributed by atoms with Crippen molar-refractivity contribution in [2.24, 2.45) is 0 Å². The van der Waals surface area contributed by atoms with Crippen molar-refractivity contribution in [1.29, 1.82) is 0 Å². The molecule has 0 fully saturated rings. The van der Waals surface area contributed by atoms with Crippen LogP contribution in [-0.4, -0.2) is 21.6 Å². The summed E-state index contributed by atoms with van der Waals surface area (Å²) in [4.78, 5) is 0.0568. The lowest BCUT2D eigenvalue weighted by Gasteiger charge is -2.21. The van der Waals surface area contributed by atoms with Gasteiger partial charge in [-0.1, -0.05) is 36.4 Å². The lowest BCUT2D eigenvalue weighted by Crippen LogP contribution is -2.30. The Kier molecular flexibility index (Phi) is 6.25. The van der Waals surface area contributed by atoms with E-state index in [2.05, 4.69) is 4.72 Å². The molecule has 0 saturated heterocycles. The minimum Gasteiger partial charge on any atom is -0.490 e. The maximum Gasteiger partial charge on any atom is 0.241 e. The van der Waals surface area contributed by atoms with Gasteiger partial charge in [0.1, 0.15) is 5.82 Å². The van der Waals surface area contributed by atoms with Crippen molar-refractivity contribution in [3.63, 3.8) is 0 Å². The molecular formula is C24H24FNO4S. The van der Waals surface area contributed by atoms with Gasteiger partial charge in [-0.05, 0) is 60.4 Å². The van der Waals surface area contributed by atoms with Crippen molar-refractivity contribution >= 4 is 10.0 Å². The second kappa shape index (κ2) is 9.08. The van der Waals surface area contributed by atoms with Crippen LogP contribution < -0.4 is 14.2 Å². The lowest BCUT2D eigenvalue weighted by molar-refractivity contribution is 0.297. The molecule has 0 unspecified atom stereocenters. The number of sulfonamides is 1. The first-order valence-corrected chi connectivity index (χ1v) is 11.6. The molecule has 0 saturated carbocycles. The summed E-state index contributed by atoms with van der Waals surface area (Å²) in [5, 5.41) is 0. The van der Waals surface area contributed by atoms with Gasteiger partial charge >= 0.3 is 0 Å². The fourth-order valence-electron chi connectivity index (χ4n) is 3.64. The minimum atomic E-state index is -3.89. The molecular weight excluding hydrogens is 417 g/mol. The summed E-state index contributed by atoms with van der Waals surface area (Å²) in [5.41, 5.74) is 2.10. The molecule has 7 heteroatoms. The van der Waals surface area contributed by atoms with Crippen molar-refractivity contribution < 1.29 is 22.3 Å². The standard InChI is InChI=1S/C24H24FNO4S/c1-17-14-20(25)9-11-24(17)31(27,28)26-21(15-18-6-3-2-4-7-18)19-8-10-22-23(16-19)30-13-5-12-29-22/h2-4,6-11,14,16,21,26H,5,12-13,15H2,1H3/t21-/m0/s1. The van der Waals surface area contributed by atoms with Gasteiger partial charge in [0.15, 0.2) is 11.5 Å². The molecule has 0 amide bonds. The average Bonchev–Trinajstić information content (AvgIpc) is 2.98. The molecule has 3 aromatic carbocycles. The number of rotatable bonds is 6. The van der Waals surface area contributed by atoms with E-state index in [1.165, 1.54) is 12.1 Å². The number of aryl methyl sites for hydroxylation is 1. The summed E-state index contributed by atoms with van der Waals surface area (Å²) in [5.74, 6) is 0.780. The molecule has 0 radical (unpaired) electrons. The Hall–Kier alpha value is -2.90. The Morgan fingerprint density at radius 1 is 0.968 bits per heavy atom. The van der Waals surface area contributed by atoms with Crippen LogP contribution in [0.5, 0.6) is 11.5 Å². The molecule has 0 aromatic heterocycles. The van der Waals surface area contributed by atoms with Gasteiger partial charge < -0.3 is 9.47 Å². The zero-order valence-electron chi connectivity index (χ0n) is 17.2. The van der Waals surface area contributed by atoms with Crippen LogP contribution in [-0.2, 0) is 16.4 Å². The molecule has 3 aromatic rings. The van der Waals surface area contributed by atoms with E-state index in [1.807, 2.05) is 48.5 Å². The highest BCUT2D eigenvalue weighted by atomic mass is 32.2. The maximum absolute atomic E-state index is 13.5. The monoisotopic (exact) mass is 441 g/mol. The molecule has 162 valence electrons. The second-order valence-electron chi connectivity index (χ2n) is 7.53. The predicted octanol–water partition coefficient (Wildman–Crippen LogP) is 4.56. The Morgan fingerprint density at radius 2 is 1.71 bits per heavy atom. The van der Waals surface area contributed by atoms with Crippen LogP contribution in [0.2, 0.25) is 0 Å². The Bertz CT molecular complexity index is 1170. The SMILES string of the molecule is Cc1cc(F)ccc1S(=O)(=O)N[C@@H](Cc1ccccc1)c1ccc2c(c1)OCCCO2. The lowest BCUT2D eigenvalue weighted by atomic mass is 9.99. The van der Waals surface area contributed by atoms with Crippen LogP contribution in [0.25, 0.3) is 0 Å². The third-order valence-corrected chi connectivity index (χ3v) is 6.81. The molecule has 0 spiro atoms. The van der Waals surface area contributed by atoms with Crippen molar-refractivity contribution in [1.82, 2.24) is 4.72 Å². The van der Waals surface area contributed by atoms with E-state index in [0.717, 1.165) is 23.6 Å². The number of nitrogens with one attached hydrogen (secondary N) is 1. The van der Waals surface area contributed by atoms with Crippen LogP contribution in [0.3, 0.4) is 0 Å². The van der Waals surface area contributed by atoms with Crippen LogP contribution in [0.4, 0.5) is 4.39 Å². The van der Waals surface area contributed by atoms with Gasteiger partial charge in [0.2, 0.25) is 10.0 Å². The van der Waals surface area contributed by atoms with Crippen LogP contribution in [0.1, 0.15) is 29.2 Å². The zero-order chi connectivity index (χ0) is 21.8. The van der Waals surface area contributed by atoms with Crippen LogP contribution in [0.15, 0.2) is 71.6 Å². The van der Waals surface area contributed by atoms with Gasteiger partial charge in [0, 0.05) is 6.42 Å². The Morgan fingerprint density at radius 3 is 2.45 bits per heavy atom. The van der Waals surface area contributed by atoms with Crippen LogP contribution in [0, 0.1) is 12.7 Å². The average molecular weight is 442 g/mol. The molecule has 1 N–H and O–H groups in total. The molecule has 1 atom stereocenters. The number of hydrogen-bond donors (Lipinski definition) is 1. The first-order chi connectivity index (χ1) is 14.9. The van der Waals surface area contributed by atoms with Crippen molar-refractivity contribution in [2.75, 3.05) is 13.2 Å². The highest BCUT2D eigenvalue weighted by Crippen LogP contribution is 2.34. The van der Waals surface area contributed by atoms with E-state index in [1.54, 1.807) is 6.92 Å². The molecule has 4 rings (SSSR count). The van der Waals surface area contributed by atoms with Gasteiger partial charge in [-0.15, -0.1) is 0 Å². The third kappa shape index (κ3) is 5.06.